The van der Waals surface area contributed by atoms with Crippen molar-refractivity contribution in [3.63, 3.8) is 0 Å². The highest BCUT2D eigenvalue weighted by atomic mass is 16.3. The number of nitrogens with zero attached hydrogens (tertiary/aromatic N) is 3. The molecule has 240 valence electrons. The van der Waals surface area contributed by atoms with E-state index in [4.69, 9.17) is 9.41 Å². The van der Waals surface area contributed by atoms with Gasteiger partial charge in [0.25, 0.3) is 0 Å². The Kier molecular flexibility index (Phi) is 5.95. The number of furan rings is 1. The molecule has 0 amide bonds. The number of benzene rings is 7. The van der Waals surface area contributed by atoms with Crippen LogP contribution in [0.1, 0.15) is 17.2 Å². The van der Waals surface area contributed by atoms with E-state index in [9.17, 15) is 0 Å². The number of hydrogen-bond acceptors (Lipinski definition) is 3. The summed E-state index contributed by atoms with van der Waals surface area (Å²) >= 11 is 0. The van der Waals surface area contributed by atoms with Gasteiger partial charge in [-0.1, -0.05) is 115 Å². The molecule has 3 aromatic heterocycles. The Morgan fingerprint density at radius 1 is 0.471 bits per heavy atom. The lowest BCUT2D eigenvalue weighted by atomic mass is 10.0. The molecule has 1 aliphatic rings. The van der Waals surface area contributed by atoms with Crippen molar-refractivity contribution in [2.24, 2.45) is 4.99 Å². The van der Waals surface area contributed by atoms with Crippen LogP contribution in [-0.4, -0.2) is 15.1 Å². The van der Waals surface area contributed by atoms with Gasteiger partial charge in [0.1, 0.15) is 11.2 Å². The quantitative estimate of drug-likeness (QED) is 0.206. The van der Waals surface area contributed by atoms with Gasteiger partial charge in [-0.05, 0) is 60.2 Å². The van der Waals surface area contributed by atoms with E-state index in [-0.39, 0.29) is 6.04 Å². The number of aliphatic imine (C=N–C) groups is 1. The first kappa shape index (κ1) is 28.0. The van der Waals surface area contributed by atoms with Crippen LogP contribution in [-0.2, 0) is 0 Å². The molecule has 51 heavy (non-hydrogen) atoms. The van der Waals surface area contributed by atoms with E-state index in [2.05, 4.69) is 172 Å². The summed E-state index contributed by atoms with van der Waals surface area (Å²) in [4.78, 5) is 5.40. The summed E-state index contributed by atoms with van der Waals surface area (Å²) in [5, 5.41) is 10.7. The van der Waals surface area contributed by atoms with E-state index in [1.165, 1.54) is 21.9 Å². The van der Waals surface area contributed by atoms with Gasteiger partial charge in [0, 0.05) is 43.6 Å². The molecule has 1 aliphatic heterocycles. The average Bonchev–Trinajstić information content (AvgIpc) is 3.83. The molecule has 0 fully saturated rings. The van der Waals surface area contributed by atoms with E-state index < -0.39 is 0 Å². The van der Waals surface area contributed by atoms with Crippen molar-refractivity contribution in [1.82, 2.24) is 14.5 Å². The molecule has 5 nitrogen and oxygen atoms in total. The fourth-order valence-electron chi connectivity index (χ4n) is 8.03. The van der Waals surface area contributed by atoms with Crippen molar-refractivity contribution >= 4 is 77.2 Å². The van der Waals surface area contributed by atoms with Crippen LogP contribution >= 0.6 is 0 Å². The van der Waals surface area contributed by atoms with Gasteiger partial charge in [-0.25, -0.2) is 4.99 Å². The normalized spacial score (nSPS) is 14.9. The zero-order chi connectivity index (χ0) is 33.5. The SMILES string of the molecule is C1=C(c2ccccc2)N=C(n2c3cc4c(cc3c3cc5c6ccccc6n(-c6ccccc6)c5cc32)oc2ccccc24)NC1c1ccccc1. The number of nitrogens with one attached hydrogen (secondary N) is 1. The van der Waals surface area contributed by atoms with Gasteiger partial charge in [0.15, 0.2) is 0 Å². The molecule has 11 rings (SSSR count). The number of hydrogen-bond donors (Lipinski definition) is 1. The van der Waals surface area contributed by atoms with Crippen molar-refractivity contribution in [3.8, 4) is 5.69 Å². The van der Waals surface area contributed by atoms with E-state index in [1.54, 1.807) is 0 Å². The topological polar surface area (TPSA) is 47.4 Å². The van der Waals surface area contributed by atoms with Crippen LogP contribution < -0.4 is 5.32 Å². The second-order valence-electron chi connectivity index (χ2n) is 13.3. The van der Waals surface area contributed by atoms with Crippen molar-refractivity contribution in [3.05, 3.63) is 181 Å². The number of fused-ring (bicyclic) bond motifs is 9. The summed E-state index contributed by atoms with van der Waals surface area (Å²) in [5.74, 6) is 0.777. The summed E-state index contributed by atoms with van der Waals surface area (Å²) in [5.41, 5.74) is 10.5. The molecule has 7 aromatic carbocycles. The smallest absolute Gasteiger partial charge is 0.209 e. The molecule has 0 spiro atoms. The molecule has 1 atom stereocenters. The monoisotopic (exact) mass is 654 g/mol. The molecule has 4 heterocycles. The minimum Gasteiger partial charge on any atom is -0.456 e. The van der Waals surface area contributed by atoms with Crippen LogP contribution in [0.15, 0.2) is 179 Å². The first-order chi connectivity index (χ1) is 25.3. The van der Waals surface area contributed by atoms with E-state index in [0.717, 1.165) is 72.2 Å². The zero-order valence-corrected chi connectivity index (χ0v) is 27.5. The Morgan fingerprint density at radius 2 is 1.10 bits per heavy atom. The highest BCUT2D eigenvalue weighted by Gasteiger charge is 2.25. The highest BCUT2D eigenvalue weighted by molar-refractivity contribution is 6.24. The van der Waals surface area contributed by atoms with Gasteiger partial charge in [-0.3, -0.25) is 4.57 Å². The number of para-hydroxylation sites is 3. The Labute approximate surface area is 293 Å². The summed E-state index contributed by atoms with van der Waals surface area (Å²) in [6.45, 7) is 0. The van der Waals surface area contributed by atoms with Crippen LogP contribution in [0, 0.1) is 0 Å². The highest BCUT2D eigenvalue weighted by Crippen LogP contribution is 2.41. The minimum absolute atomic E-state index is 0.0839. The zero-order valence-electron chi connectivity index (χ0n) is 27.5. The van der Waals surface area contributed by atoms with Gasteiger partial charge in [0.2, 0.25) is 5.96 Å². The Hall–Kier alpha value is -6.85. The van der Waals surface area contributed by atoms with Crippen LogP contribution in [0.25, 0.3) is 76.9 Å². The number of rotatable bonds is 3. The summed E-state index contributed by atoms with van der Waals surface area (Å²) < 4.78 is 11.2. The van der Waals surface area contributed by atoms with Gasteiger partial charge in [-0.15, -0.1) is 0 Å². The third-order valence-electron chi connectivity index (χ3n) is 10.3. The second-order valence-corrected chi connectivity index (χ2v) is 13.3. The maximum absolute atomic E-state index is 6.47. The predicted molar refractivity (Wildman–Crippen MR) is 211 cm³/mol. The third-order valence-corrected chi connectivity index (χ3v) is 10.3. The maximum Gasteiger partial charge on any atom is 0.209 e. The fourth-order valence-corrected chi connectivity index (χ4v) is 8.03. The summed E-state index contributed by atoms with van der Waals surface area (Å²) in [7, 11) is 0. The van der Waals surface area contributed by atoms with Gasteiger partial charge >= 0.3 is 0 Å². The molecular formula is C46H30N4O. The number of aromatic nitrogens is 2. The van der Waals surface area contributed by atoms with Crippen LogP contribution in [0.3, 0.4) is 0 Å². The lowest BCUT2D eigenvalue weighted by molar-refractivity contribution is 0.669. The lowest BCUT2D eigenvalue weighted by Gasteiger charge is -2.25. The molecule has 0 radical (unpaired) electrons. The third kappa shape index (κ3) is 4.25. The van der Waals surface area contributed by atoms with E-state index in [0.29, 0.717) is 0 Å². The molecule has 5 heteroatoms. The summed E-state index contributed by atoms with van der Waals surface area (Å²) in [6, 6.07) is 57.8. The lowest BCUT2D eigenvalue weighted by Crippen LogP contribution is -2.35. The molecule has 0 saturated heterocycles. The average molecular weight is 655 g/mol. The molecule has 10 aromatic rings. The molecule has 0 saturated carbocycles. The van der Waals surface area contributed by atoms with E-state index in [1.807, 2.05) is 12.1 Å². The maximum atomic E-state index is 6.47. The predicted octanol–water partition coefficient (Wildman–Crippen LogP) is 11.4. The first-order valence-corrected chi connectivity index (χ1v) is 17.3. The molecule has 1 unspecified atom stereocenters. The van der Waals surface area contributed by atoms with Crippen molar-refractivity contribution in [1.29, 1.82) is 0 Å². The Bertz CT molecular complexity index is 3040. The van der Waals surface area contributed by atoms with Gasteiger partial charge in [0.05, 0.1) is 33.8 Å². The standard InChI is InChI=1S/C46H30N4O/c1-4-14-29(15-5-1)38-27-39(30-16-6-2-7-17-30)48-46(47-38)50-41-25-37-33-21-11-13-23-44(33)51-45(37)26-36(41)35-24-34-32-20-10-12-22-40(32)49(42(34)28-43(35)50)31-18-8-3-9-19-31/h1-28,38H,(H,47,48). The fraction of sp³-hybridized carbons (Fsp3) is 0.0217. The van der Waals surface area contributed by atoms with Crippen molar-refractivity contribution < 1.29 is 4.42 Å². The molecule has 0 bridgehead atoms. The Morgan fingerprint density at radius 3 is 1.92 bits per heavy atom. The molecule has 0 aliphatic carbocycles. The van der Waals surface area contributed by atoms with Crippen LogP contribution in [0.4, 0.5) is 0 Å². The van der Waals surface area contributed by atoms with Crippen molar-refractivity contribution in [2.75, 3.05) is 0 Å². The first-order valence-electron chi connectivity index (χ1n) is 17.3. The second kappa shape index (κ2) is 10.8. The van der Waals surface area contributed by atoms with Crippen molar-refractivity contribution in [2.45, 2.75) is 6.04 Å². The van der Waals surface area contributed by atoms with E-state index >= 15 is 0 Å². The summed E-state index contributed by atoms with van der Waals surface area (Å²) in [6.07, 6.45) is 2.23. The van der Waals surface area contributed by atoms with Gasteiger partial charge in [-0.2, -0.15) is 0 Å². The molecular weight excluding hydrogens is 625 g/mol. The largest absolute Gasteiger partial charge is 0.456 e. The molecule has 1 N–H and O–H groups in total. The van der Waals surface area contributed by atoms with Gasteiger partial charge < -0.3 is 14.3 Å². The minimum atomic E-state index is -0.0839. The van der Waals surface area contributed by atoms with Crippen LogP contribution in [0.5, 0.6) is 0 Å². The van der Waals surface area contributed by atoms with Crippen LogP contribution in [0.2, 0.25) is 0 Å². The Balaban J connectivity index is 1.27.